The Morgan fingerprint density at radius 2 is 1.94 bits per heavy atom. The summed E-state index contributed by atoms with van der Waals surface area (Å²) in [4.78, 5) is 19.0. The lowest BCUT2D eigenvalue weighted by molar-refractivity contribution is -0.142. The molecular weight excluding hydrogens is 412 g/mol. The molecule has 2 atom stereocenters. The summed E-state index contributed by atoms with van der Waals surface area (Å²) < 4.78 is 54.5. The van der Waals surface area contributed by atoms with Crippen molar-refractivity contribution in [3.63, 3.8) is 0 Å². The quantitative estimate of drug-likeness (QED) is 0.438. The molecule has 31 heavy (non-hydrogen) atoms. The fourth-order valence-corrected chi connectivity index (χ4v) is 4.03. The topological polar surface area (TPSA) is 50.5 Å². The molecule has 0 aliphatic carbocycles. The number of rotatable bonds is 5. The third-order valence-corrected chi connectivity index (χ3v) is 5.85. The number of Topliss-reactive ketones (excluding diaryl/α,β-unsaturated/α-hetero) is 1. The number of aromatic nitrogens is 3. The number of nitrogens with zero attached hydrogens (tertiary/aromatic N) is 4. The monoisotopic (exact) mass is 434 g/mol. The Morgan fingerprint density at radius 3 is 2.58 bits per heavy atom. The number of likely N-dealkylation sites (tertiary alicyclic amines) is 1. The second-order valence-electron chi connectivity index (χ2n) is 7.85. The highest BCUT2D eigenvalue weighted by atomic mass is 19.4. The van der Waals surface area contributed by atoms with Gasteiger partial charge in [0.05, 0.1) is 11.7 Å². The molecule has 1 aromatic carbocycles. The highest BCUT2D eigenvalue weighted by Crippen LogP contribution is 2.33. The van der Waals surface area contributed by atoms with Crippen LogP contribution in [0.25, 0.3) is 5.65 Å². The lowest BCUT2D eigenvalue weighted by Gasteiger charge is -2.23. The first-order chi connectivity index (χ1) is 14.7. The molecule has 1 saturated heterocycles. The molecule has 5 nitrogen and oxygen atoms in total. The third-order valence-electron chi connectivity index (χ3n) is 5.85. The summed E-state index contributed by atoms with van der Waals surface area (Å²) in [6.45, 7) is 4.66. The molecule has 0 saturated carbocycles. The van der Waals surface area contributed by atoms with E-state index in [1.807, 2.05) is 4.90 Å². The number of hydrogen-bond acceptors (Lipinski definition) is 4. The Labute approximate surface area is 176 Å². The predicted molar refractivity (Wildman–Crippen MR) is 106 cm³/mol. The minimum Gasteiger partial charge on any atom is -0.293 e. The van der Waals surface area contributed by atoms with E-state index in [9.17, 15) is 22.4 Å². The lowest BCUT2D eigenvalue weighted by Crippen LogP contribution is -2.37. The van der Waals surface area contributed by atoms with Gasteiger partial charge < -0.3 is 0 Å². The van der Waals surface area contributed by atoms with Crippen molar-refractivity contribution in [2.75, 3.05) is 13.1 Å². The normalized spacial score (nSPS) is 18.6. The molecule has 164 valence electrons. The number of fused-ring (bicyclic) bond motifs is 1. The second kappa shape index (κ2) is 8.03. The number of benzene rings is 1. The van der Waals surface area contributed by atoms with Gasteiger partial charge in [-0.3, -0.25) is 9.69 Å². The first-order valence-electron chi connectivity index (χ1n) is 10.2. The molecule has 3 aromatic rings. The molecule has 2 aromatic heterocycles. The van der Waals surface area contributed by atoms with Gasteiger partial charge in [0.15, 0.2) is 11.4 Å². The number of carbonyl (C=O) groups is 1. The van der Waals surface area contributed by atoms with Crippen molar-refractivity contribution in [1.82, 2.24) is 19.5 Å². The lowest BCUT2D eigenvalue weighted by atomic mass is 10.0. The molecule has 9 heteroatoms. The van der Waals surface area contributed by atoms with E-state index in [1.165, 1.54) is 24.3 Å². The number of aryl methyl sites for hydroxylation is 1. The van der Waals surface area contributed by atoms with E-state index in [0.717, 1.165) is 10.6 Å². The van der Waals surface area contributed by atoms with Crippen molar-refractivity contribution in [1.29, 1.82) is 0 Å². The minimum atomic E-state index is -4.54. The number of hydrogen-bond donors (Lipinski definition) is 0. The van der Waals surface area contributed by atoms with E-state index in [0.29, 0.717) is 42.9 Å². The standard InChI is InChI=1S/C22H22F4N4O/c1-3-17-10-19(22(24,25)26)30-20(27-17)11-18(28-30)15-8-9-29(12-15)13(2)21(31)14-4-6-16(23)7-5-14/h4-7,10-11,13,15H,3,8-9,12H2,1-2H3/t13-,15+/m0/s1. The van der Waals surface area contributed by atoms with E-state index in [1.54, 1.807) is 19.9 Å². The zero-order valence-electron chi connectivity index (χ0n) is 17.2. The van der Waals surface area contributed by atoms with Crippen LogP contribution in [0.4, 0.5) is 17.6 Å². The van der Waals surface area contributed by atoms with E-state index in [2.05, 4.69) is 10.1 Å². The van der Waals surface area contributed by atoms with Crippen LogP contribution >= 0.6 is 0 Å². The number of carbonyl (C=O) groups excluding carboxylic acids is 1. The summed E-state index contributed by atoms with van der Waals surface area (Å²) >= 11 is 0. The van der Waals surface area contributed by atoms with E-state index in [-0.39, 0.29) is 17.3 Å². The Bertz CT molecular complexity index is 1110. The van der Waals surface area contributed by atoms with Crippen molar-refractivity contribution >= 4 is 11.4 Å². The Balaban J connectivity index is 1.56. The summed E-state index contributed by atoms with van der Waals surface area (Å²) in [5, 5.41) is 4.22. The molecule has 1 aliphatic heterocycles. The van der Waals surface area contributed by atoms with E-state index >= 15 is 0 Å². The summed E-state index contributed by atoms with van der Waals surface area (Å²) in [6, 6.07) is 7.63. The van der Waals surface area contributed by atoms with Crippen LogP contribution in [0.1, 0.15) is 53.6 Å². The van der Waals surface area contributed by atoms with Crippen LogP contribution in [0, 0.1) is 5.82 Å². The largest absolute Gasteiger partial charge is 0.433 e. The SMILES string of the molecule is CCc1cc(C(F)(F)F)n2nc([C@@H]3CCN([C@@H](C)C(=O)c4ccc(F)cc4)C3)cc2n1. The summed E-state index contributed by atoms with van der Waals surface area (Å²) in [5.74, 6) is -0.629. The van der Waals surface area contributed by atoms with Crippen LogP contribution in [0.2, 0.25) is 0 Å². The van der Waals surface area contributed by atoms with Gasteiger partial charge in [-0.1, -0.05) is 6.92 Å². The summed E-state index contributed by atoms with van der Waals surface area (Å²) in [7, 11) is 0. The molecule has 0 spiro atoms. The van der Waals surface area contributed by atoms with Gasteiger partial charge in [0.25, 0.3) is 0 Å². The molecule has 0 bridgehead atoms. The van der Waals surface area contributed by atoms with Crippen LogP contribution in [-0.4, -0.2) is 44.4 Å². The van der Waals surface area contributed by atoms with Crippen LogP contribution in [0.15, 0.2) is 36.4 Å². The average Bonchev–Trinajstić information content (AvgIpc) is 3.38. The fraction of sp³-hybridized carbons (Fsp3) is 0.409. The van der Waals surface area contributed by atoms with Gasteiger partial charge in [-0.2, -0.15) is 18.3 Å². The first kappa shape index (κ1) is 21.4. The molecule has 1 fully saturated rings. The van der Waals surface area contributed by atoms with Gasteiger partial charge in [0.2, 0.25) is 0 Å². The molecule has 0 amide bonds. The fourth-order valence-electron chi connectivity index (χ4n) is 4.03. The average molecular weight is 434 g/mol. The van der Waals surface area contributed by atoms with Crippen molar-refractivity contribution in [3.8, 4) is 0 Å². The second-order valence-corrected chi connectivity index (χ2v) is 7.85. The maximum atomic E-state index is 13.5. The van der Waals surface area contributed by atoms with Crippen LogP contribution in [-0.2, 0) is 12.6 Å². The molecule has 0 N–H and O–H groups in total. The molecule has 4 rings (SSSR count). The molecule has 1 aliphatic rings. The van der Waals surface area contributed by atoms with E-state index < -0.39 is 23.7 Å². The van der Waals surface area contributed by atoms with Gasteiger partial charge in [-0.15, -0.1) is 0 Å². The van der Waals surface area contributed by atoms with Crippen molar-refractivity contribution in [3.05, 3.63) is 64.9 Å². The first-order valence-corrected chi connectivity index (χ1v) is 10.2. The molecule has 0 radical (unpaired) electrons. The van der Waals surface area contributed by atoms with Crippen LogP contribution < -0.4 is 0 Å². The number of ketones is 1. The summed E-state index contributed by atoms with van der Waals surface area (Å²) in [5.41, 5.74) is 0.662. The number of alkyl halides is 3. The smallest absolute Gasteiger partial charge is 0.293 e. The van der Waals surface area contributed by atoms with Crippen molar-refractivity contribution in [2.24, 2.45) is 0 Å². The highest BCUT2D eigenvalue weighted by Gasteiger charge is 2.36. The van der Waals surface area contributed by atoms with E-state index in [4.69, 9.17) is 0 Å². The van der Waals surface area contributed by atoms with Crippen LogP contribution in [0.3, 0.4) is 0 Å². The summed E-state index contributed by atoms with van der Waals surface area (Å²) in [6.07, 6.45) is -3.47. The number of halogens is 4. The Hall–Kier alpha value is -2.81. The maximum Gasteiger partial charge on any atom is 0.433 e. The maximum absolute atomic E-state index is 13.5. The van der Waals surface area contributed by atoms with Gasteiger partial charge in [0, 0.05) is 29.8 Å². The van der Waals surface area contributed by atoms with Crippen LogP contribution in [0.5, 0.6) is 0 Å². The zero-order chi connectivity index (χ0) is 22.3. The van der Waals surface area contributed by atoms with Gasteiger partial charge in [0.1, 0.15) is 11.5 Å². The minimum absolute atomic E-state index is 0.101. The Kier molecular flexibility index (Phi) is 5.55. The van der Waals surface area contributed by atoms with Gasteiger partial charge in [-0.25, -0.2) is 13.9 Å². The molecule has 3 heterocycles. The molecular formula is C22H22F4N4O. The zero-order valence-corrected chi connectivity index (χ0v) is 17.2. The predicted octanol–water partition coefficient (Wildman–Crippen LogP) is 4.51. The van der Waals surface area contributed by atoms with Gasteiger partial charge >= 0.3 is 6.18 Å². The molecule has 0 unspecified atom stereocenters. The highest BCUT2D eigenvalue weighted by molar-refractivity contribution is 5.99. The van der Waals surface area contributed by atoms with Crippen molar-refractivity contribution in [2.45, 2.75) is 44.8 Å². The third kappa shape index (κ3) is 4.19. The Morgan fingerprint density at radius 1 is 1.23 bits per heavy atom. The van der Waals surface area contributed by atoms with Gasteiger partial charge in [-0.05, 0) is 56.6 Å². The van der Waals surface area contributed by atoms with Crippen molar-refractivity contribution < 1.29 is 22.4 Å².